The molecule has 4 heterocycles. The highest BCUT2D eigenvalue weighted by Crippen LogP contribution is 2.37. The highest BCUT2D eigenvalue weighted by Gasteiger charge is 2.25. The van der Waals surface area contributed by atoms with Gasteiger partial charge in [-0.3, -0.25) is 9.78 Å². The van der Waals surface area contributed by atoms with E-state index in [1.165, 1.54) is 24.1 Å². The van der Waals surface area contributed by atoms with Crippen molar-refractivity contribution in [1.82, 2.24) is 15.0 Å². The maximum Gasteiger partial charge on any atom is 0.256 e. The Morgan fingerprint density at radius 3 is 2.74 bits per heavy atom. The molecule has 1 aliphatic carbocycles. The molecule has 1 aliphatic heterocycles. The van der Waals surface area contributed by atoms with E-state index in [0.717, 1.165) is 51.6 Å². The zero-order chi connectivity index (χ0) is 20.8. The maximum absolute atomic E-state index is 12.7. The summed E-state index contributed by atoms with van der Waals surface area (Å²) in [4.78, 5) is 25.1. The lowest BCUT2D eigenvalue weighted by Crippen LogP contribution is -2.03. The SMILES string of the molecule is O=C1Nc2ccc(-c3csc(-c4ccncc4)n3)cc2/C1=C/c1cc2c([nH]1)CCCC2. The number of carbonyl (C=O) groups is 1. The summed E-state index contributed by atoms with van der Waals surface area (Å²) in [6, 6.07) is 12.2. The number of rotatable bonds is 3. The molecular formula is C25H20N4OS. The number of anilines is 1. The average Bonchev–Trinajstić information content (AvgIpc) is 3.52. The lowest BCUT2D eigenvalue weighted by atomic mass is 9.98. The van der Waals surface area contributed by atoms with Gasteiger partial charge in [0.2, 0.25) is 0 Å². The molecule has 0 saturated heterocycles. The summed E-state index contributed by atoms with van der Waals surface area (Å²) in [6.45, 7) is 0. The fourth-order valence-electron chi connectivity index (χ4n) is 4.39. The zero-order valence-electron chi connectivity index (χ0n) is 16.8. The molecule has 6 heteroatoms. The largest absolute Gasteiger partial charge is 0.359 e. The van der Waals surface area contributed by atoms with Gasteiger partial charge in [-0.15, -0.1) is 11.3 Å². The van der Waals surface area contributed by atoms with E-state index in [1.807, 2.05) is 30.3 Å². The first kappa shape index (κ1) is 18.3. The summed E-state index contributed by atoms with van der Waals surface area (Å²) in [5.74, 6) is -0.0597. The number of nitrogens with one attached hydrogen (secondary N) is 2. The Morgan fingerprint density at radius 2 is 1.87 bits per heavy atom. The Hall–Kier alpha value is -3.51. The smallest absolute Gasteiger partial charge is 0.256 e. The average molecular weight is 425 g/mol. The van der Waals surface area contributed by atoms with Crippen molar-refractivity contribution in [3.8, 4) is 21.8 Å². The minimum absolute atomic E-state index is 0.0597. The Balaban J connectivity index is 1.37. The number of carbonyl (C=O) groups excluding carboxylic acids is 1. The third-order valence-electron chi connectivity index (χ3n) is 5.97. The van der Waals surface area contributed by atoms with Gasteiger partial charge in [0.15, 0.2) is 0 Å². The van der Waals surface area contributed by atoms with E-state index in [-0.39, 0.29) is 5.91 Å². The predicted molar refractivity (Wildman–Crippen MR) is 125 cm³/mol. The quantitative estimate of drug-likeness (QED) is 0.422. The Labute approximate surface area is 183 Å². The maximum atomic E-state index is 12.7. The van der Waals surface area contributed by atoms with Gasteiger partial charge in [-0.05, 0) is 67.7 Å². The van der Waals surface area contributed by atoms with Gasteiger partial charge in [-0.25, -0.2) is 4.98 Å². The van der Waals surface area contributed by atoms with E-state index in [1.54, 1.807) is 23.7 Å². The summed E-state index contributed by atoms with van der Waals surface area (Å²) in [6.07, 6.45) is 10.2. The van der Waals surface area contributed by atoms with E-state index in [0.29, 0.717) is 5.57 Å². The van der Waals surface area contributed by atoms with E-state index in [9.17, 15) is 4.79 Å². The van der Waals surface area contributed by atoms with Crippen LogP contribution >= 0.6 is 11.3 Å². The predicted octanol–water partition coefficient (Wildman–Crippen LogP) is 5.57. The molecule has 31 heavy (non-hydrogen) atoms. The van der Waals surface area contributed by atoms with Gasteiger partial charge in [0.05, 0.1) is 11.3 Å². The molecule has 3 aromatic heterocycles. The summed E-state index contributed by atoms with van der Waals surface area (Å²) in [5.41, 5.74) is 9.14. The molecule has 0 radical (unpaired) electrons. The van der Waals surface area contributed by atoms with Crippen molar-refractivity contribution in [3.63, 3.8) is 0 Å². The molecule has 2 aliphatic rings. The van der Waals surface area contributed by atoms with Crippen LogP contribution in [0.25, 0.3) is 33.5 Å². The second-order valence-electron chi connectivity index (χ2n) is 7.98. The third kappa shape index (κ3) is 3.29. The Bertz CT molecular complexity index is 1310. The standard InChI is InChI=1S/C25H20N4OS/c30-24-20(13-18-11-16-3-1-2-4-21(16)27-18)19-12-17(5-6-22(19)28-24)23-14-31-25(29-23)15-7-9-26-10-8-15/h5-14,27H,1-4H2,(H,28,30)/b20-13-. The van der Waals surface area contributed by atoms with E-state index < -0.39 is 0 Å². The number of pyridine rings is 1. The zero-order valence-corrected chi connectivity index (χ0v) is 17.6. The van der Waals surface area contributed by atoms with Crippen LogP contribution in [0.3, 0.4) is 0 Å². The number of nitrogens with zero attached hydrogens (tertiary/aromatic N) is 2. The molecule has 0 unspecified atom stereocenters. The number of amides is 1. The van der Waals surface area contributed by atoms with E-state index in [2.05, 4.69) is 32.8 Å². The highest BCUT2D eigenvalue weighted by molar-refractivity contribution is 7.13. The van der Waals surface area contributed by atoms with Gasteiger partial charge in [0, 0.05) is 51.5 Å². The van der Waals surface area contributed by atoms with Crippen LogP contribution < -0.4 is 5.32 Å². The number of aromatic nitrogens is 3. The molecule has 1 amide bonds. The number of aromatic amines is 1. The lowest BCUT2D eigenvalue weighted by molar-refractivity contribution is -0.110. The van der Waals surface area contributed by atoms with Crippen LogP contribution in [0.15, 0.2) is 54.2 Å². The summed E-state index contributed by atoms with van der Waals surface area (Å²) >= 11 is 1.61. The van der Waals surface area contributed by atoms with Gasteiger partial charge in [0.25, 0.3) is 5.91 Å². The molecule has 4 aromatic rings. The van der Waals surface area contributed by atoms with Crippen molar-refractivity contribution in [3.05, 3.63) is 76.7 Å². The normalized spacial score (nSPS) is 16.3. The molecule has 6 rings (SSSR count). The molecule has 0 bridgehead atoms. The van der Waals surface area contributed by atoms with Gasteiger partial charge in [-0.2, -0.15) is 0 Å². The van der Waals surface area contributed by atoms with Crippen molar-refractivity contribution in [2.24, 2.45) is 0 Å². The van der Waals surface area contributed by atoms with Crippen molar-refractivity contribution in [2.45, 2.75) is 25.7 Å². The first-order chi connectivity index (χ1) is 15.2. The van der Waals surface area contributed by atoms with Crippen LogP contribution in [-0.2, 0) is 17.6 Å². The number of hydrogen-bond acceptors (Lipinski definition) is 4. The van der Waals surface area contributed by atoms with Crippen LogP contribution in [0.4, 0.5) is 5.69 Å². The molecule has 1 aromatic carbocycles. The minimum Gasteiger partial charge on any atom is -0.359 e. The van der Waals surface area contributed by atoms with Gasteiger partial charge < -0.3 is 10.3 Å². The summed E-state index contributed by atoms with van der Waals surface area (Å²) in [5, 5.41) is 6.01. The third-order valence-corrected chi connectivity index (χ3v) is 6.86. The molecule has 152 valence electrons. The number of H-pyrrole nitrogens is 1. The number of aryl methyl sites for hydroxylation is 2. The van der Waals surface area contributed by atoms with Crippen LogP contribution in [0.2, 0.25) is 0 Å². The van der Waals surface area contributed by atoms with Crippen molar-refractivity contribution in [2.75, 3.05) is 5.32 Å². The highest BCUT2D eigenvalue weighted by atomic mass is 32.1. The summed E-state index contributed by atoms with van der Waals surface area (Å²) in [7, 11) is 0. The second kappa shape index (κ2) is 7.32. The van der Waals surface area contributed by atoms with Crippen LogP contribution in [0.1, 0.15) is 35.4 Å². The number of fused-ring (bicyclic) bond motifs is 2. The molecule has 0 fully saturated rings. The van der Waals surface area contributed by atoms with Crippen LogP contribution in [0, 0.1) is 0 Å². The molecule has 5 nitrogen and oxygen atoms in total. The molecule has 2 N–H and O–H groups in total. The molecular weight excluding hydrogens is 404 g/mol. The second-order valence-corrected chi connectivity index (χ2v) is 8.84. The first-order valence-corrected chi connectivity index (χ1v) is 11.4. The molecule has 0 spiro atoms. The number of thiazole rings is 1. The number of hydrogen-bond donors (Lipinski definition) is 2. The Morgan fingerprint density at radius 1 is 1.00 bits per heavy atom. The topological polar surface area (TPSA) is 70.7 Å². The monoisotopic (exact) mass is 424 g/mol. The summed E-state index contributed by atoms with van der Waals surface area (Å²) < 4.78 is 0. The van der Waals surface area contributed by atoms with E-state index >= 15 is 0 Å². The molecule has 0 atom stereocenters. The fourth-order valence-corrected chi connectivity index (χ4v) is 5.22. The molecule has 0 saturated carbocycles. The van der Waals surface area contributed by atoms with Gasteiger partial charge in [0.1, 0.15) is 5.01 Å². The lowest BCUT2D eigenvalue weighted by Gasteiger charge is -2.08. The van der Waals surface area contributed by atoms with Crippen molar-refractivity contribution < 1.29 is 4.79 Å². The van der Waals surface area contributed by atoms with Crippen molar-refractivity contribution in [1.29, 1.82) is 0 Å². The number of benzene rings is 1. The van der Waals surface area contributed by atoms with Crippen molar-refractivity contribution >= 4 is 34.6 Å². The minimum atomic E-state index is -0.0597. The van der Waals surface area contributed by atoms with Gasteiger partial charge in [-0.1, -0.05) is 6.07 Å². The first-order valence-electron chi connectivity index (χ1n) is 10.5. The Kier molecular flexibility index (Phi) is 4.32. The van der Waals surface area contributed by atoms with E-state index in [4.69, 9.17) is 4.98 Å². The fraction of sp³-hybridized carbons (Fsp3) is 0.160. The van der Waals surface area contributed by atoms with Crippen LogP contribution in [-0.4, -0.2) is 20.9 Å². The van der Waals surface area contributed by atoms with Crippen LogP contribution in [0.5, 0.6) is 0 Å². The van der Waals surface area contributed by atoms with Gasteiger partial charge >= 0.3 is 0 Å².